The van der Waals surface area contributed by atoms with Crippen LogP contribution in [-0.4, -0.2) is 59.1 Å². The third kappa shape index (κ3) is 3.42. The molecule has 0 amide bonds. The zero-order valence-corrected chi connectivity index (χ0v) is 10.9. The number of carboxylic acids is 1. The van der Waals surface area contributed by atoms with E-state index >= 15 is 0 Å². The minimum atomic E-state index is -0.670. The Morgan fingerprint density at radius 2 is 2.06 bits per heavy atom. The van der Waals surface area contributed by atoms with Crippen molar-refractivity contribution in [2.75, 3.05) is 20.1 Å². The molecule has 0 aromatic carbocycles. The van der Waals surface area contributed by atoms with Gasteiger partial charge in [-0.15, -0.1) is 0 Å². The standard InChI is InChI=1S/C13H24N2O2/c1-10-9-12(5-7-14(10)2)15(11-3-4-11)8-6-13(16)17/h10-12H,3-9H2,1-2H3,(H,16,17). The third-order valence-electron chi connectivity index (χ3n) is 4.25. The lowest BCUT2D eigenvalue weighted by molar-refractivity contribution is -0.137. The molecular formula is C13H24N2O2. The molecule has 4 nitrogen and oxygen atoms in total. The van der Waals surface area contributed by atoms with Crippen molar-refractivity contribution in [3.63, 3.8) is 0 Å². The van der Waals surface area contributed by atoms with Crippen molar-refractivity contribution >= 4 is 5.97 Å². The molecule has 0 bridgehead atoms. The molecule has 2 rings (SSSR count). The Morgan fingerprint density at radius 1 is 1.35 bits per heavy atom. The first kappa shape index (κ1) is 12.8. The van der Waals surface area contributed by atoms with Gasteiger partial charge in [-0.1, -0.05) is 0 Å². The van der Waals surface area contributed by atoms with E-state index in [4.69, 9.17) is 5.11 Å². The van der Waals surface area contributed by atoms with Gasteiger partial charge in [0.05, 0.1) is 6.42 Å². The van der Waals surface area contributed by atoms with E-state index in [0.717, 1.165) is 13.1 Å². The lowest BCUT2D eigenvalue weighted by Gasteiger charge is -2.41. The van der Waals surface area contributed by atoms with E-state index < -0.39 is 5.97 Å². The van der Waals surface area contributed by atoms with Crippen molar-refractivity contribution in [3.8, 4) is 0 Å². The Labute approximate surface area is 104 Å². The van der Waals surface area contributed by atoms with Crippen molar-refractivity contribution in [2.24, 2.45) is 0 Å². The molecule has 2 unspecified atom stereocenters. The van der Waals surface area contributed by atoms with Gasteiger partial charge in [0, 0.05) is 24.7 Å². The van der Waals surface area contributed by atoms with E-state index in [1.165, 1.54) is 25.7 Å². The fourth-order valence-corrected chi connectivity index (χ4v) is 2.86. The highest BCUT2D eigenvalue weighted by atomic mass is 16.4. The average Bonchev–Trinajstić information content (AvgIpc) is 3.07. The maximum Gasteiger partial charge on any atom is 0.304 e. The molecule has 1 saturated carbocycles. The second-order valence-corrected chi connectivity index (χ2v) is 5.62. The number of piperidine rings is 1. The molecule has 2 fully saturated rings. The maximum atomic E-state index is 10.7. The summed E-state index contributed by atoms with van der Waals surface area (Å²) in [6.07, 6.45) is 5.20. The van der Waals surface area contributed by atoms with Crippen molar-refractivity contribution in [3.05, 3.63) is 0 Å². The van der Waals surface area contributed by atoms with E-state index in [9.17, 15) is 4.79 Å². The quantitative estimate of drug-likeness (QED) is 0.789. The molecule has 0 radical (unpaired) electrons. The van der Waals surface area contributed by atoms with Crippen LogP contribution in [0.25, 0.3) is 0 Å². The molecule has 1 heterocycles. The molecule has 17 heavy (non-hydrogen) atoms. The molecule has 1 aliphatic heterocycles. The van der Waals surface area contributed by atoms with Gasteiger partial charge >= 0.3 is 5.97 Å². The van der Waals surface area contributed by atoms with Crippen LogP contribution in [0.2, 0.25) is 0 Å². The van der Waals surface area contributed by atoms with Crippen molar-refractivity contribution in [2.45, 2.75) is 57.2 Å². The van der Waals surface area contributed by atoms with Crippen LogP contribution in [0.5, 0.6) is 0 Å². The fraction of sp³-hybridized carbons (Fsp3) is 0.923. The smallest absolute Gasteiger partial charge is 0.304 e. The largest absolute Gasteiger partial charge is 0.481 e. The number of likely N-dealkylation sites (tertiary alicyclic amines) is 1. The summed E-state index contributed by atoms with van der Waals surface area (Å²) in [5.74, 6) is -0.670. The van der Waals surface area contributed by atoms with Crippen LogP contribution in [0.4, 0.5) is 0 Å². The highest BCUT2D eigenvalue weighted by Gasteiger charge is 2.36. The highest BCUT2D eigenvalue weighted by Crippen LogP contribution is 2.32. The number of aliphatic carboxylic acids is 1. The molecule has 0 aromatic rings. The Morgan fingerprint density at radius 3 is 2.59 bits per heavy atom. The van der Waals surface area contributed by atoms with E-state index in [-0.39, 0.29) is 6.42 Å². The number of carbonyl (C=O) groups is 1. The molecular weight excluding hydrogens is 216 g/mol. The summed E-state index contributed by atoms with van der Waals surface area (Å²) in [6, 6.07) is 1.91. The van der Waals surface area contributed by atoms with Gasteiger partial charge in [-0.3, -0.25) is 9.69 Å². The second-order valence-electron chi connectivity index (χ2n) is 5.62. The van der Waals surface area contributed by atoms with Gasteiger partial charge in [0.15, 0.2) is 0 Å². The zero-order valence-electron chi connectivity index (χ0n) is 10.9. The van der Waals surface area contributed by atoms with Crippen LogP contribution in [0.1, 0.15) is 39.0 Å². The molecule has 2 aliphatic rings. The Bertz CT molecular complexity index is 279. The summed E-state index contributed by atoms with van der Waals surface area (Å²) in [4.78, 5) is 15.6. The molecule has 0 spiro atoms. The summed E-state index contributed by atoms with van der Waals surface area (Å²) >= 11 is 0. The van der Waals surface area contributed by atoms with Gasteiger partial charge in [0.1, 0.15) is 0 Å². The molecule has 98 valence electrons. The maximum absolute atomic E-state index is 10.7. The van der Waals surface area contributed by atoms with Gasteiger partial charge in [0.25, 0.3) is 0 Å². The minimum absolute atomic E-state index is 0.289. The summed E-state index contributed by atoms with van der Waals surface area (Å²) in [6.45, 7) is 4.15. The topological polar surface area (TPSA) is 43.8 Å². The van der Waals surface area contributed by atoms with Gasteiger partial charge in [-0.05, 0) is 46.2 Å². The summed E-state index contributed by atoms with van der Waals surface area (Å²) < 4.78 is 0. The first-order valence-corrected chi connectivity index (χ1v) is 6.75. The van der Waals surface area contributed by atoms with Crippen LogP contribution in [0.15, 0.2) is 0 Å². The lowest BCUT2D eigenvalue weighted by atomic mass is 9.97. The second kappa shape index (κ2) is 5.36. The fourth-order valence-electron chi connectivity index (χ4n) is 2.86. The Hall–Kier alpha value is -0.610. The van der Waals surface area contributed by atoms with E-state index in [1.54, 1.807) is 0 Å². The van der Waals surface area contributed by atoms with E-state index in [1.807, 2.05) is 0 Å². The summed E-state index contributed by atoms with van der Waals surface area (Å²) in [5.41, 5.74) is 0. The SMILES string of the molecule is CC1CC(N(CCC(=O)O)C2CC2)CCN1C. The monoisotopic (exact) mass is 240 g/mol. The van der Waals surface area contributed by atoms with Crippen molar-refractivity contribution in [1.82, 2.24) is 9.80 Å². The molecule has 1 aliphatic carbocycles. The minimum Gasteiger partial charge on any atom is -0.481 e. The van der Waals surface area contributed by atoms with E-state index in [0.29, 0.717) is 18.1 Å². The lowest BCUT2D eigenvalue weighted by Crippen LogP contribution is -2.48. The first-order chi connectivity index (χ1) is 8.08. The van der Waals surface area contributed by atoms with Gasteiger partial charge in [-0.2, -0.15) is 0 Å². The summed E-state index contributed by atoms with van der Waals surface area (Å²) in [5, 5.41) is 8.82. The van der Waals surface area contributed by atoms with Crippen molar-refractivity contribution in [1.29, 1.82) is 0 Å². The number of carboxylic acid groups (broad SMARTS) is 1. The molecule has 4 heteroatoms. The Balaban J connectivity index is 1.89. The van der Waals surface area contributed by atoms with Crippen LogP contribution in [0, 0.1) is 0 Å². The third-order valence-corrected chi connectivity index (χ3v) is 4.25. The Kier molecular flexibility index (Phi) is 4.05. The predicted octanol–water partition coefficient (Wildman–Crippen LogP) is 1.41. The number of rotatable bonds is 5. The van der Waals surface area contributed by atoms with Crippen LogP contribution in [-0.2, 0) is 4.79 Å². The number of hydrogen-bond acceptors (Lipinski definition) is 3. The van der Waals surface area contributed by atoms with Gasteiger partial charge < -0.3 is 10.0 Å². The van der Waals surface area contributed by atoms with Gasteiger partial charge in [0.2, 0.25) is 0 Å². The first-order valence-electron chi connectivity index (χ1n) is 6.75. The molecule has 2 atom stereocenters. The van der Waals surface area contributed by atoms with Crippen molar-refractivity contribution < 1.29 is 9.90 Å². The highest BCUT2D eigenvalue weighted by molar-refractivity contribution is 5.66. The average molecular weight is 240 g/mol. The van der Waals surface area contributed by atoms with Gasteiger partial charge in [-0.25, -0.2) is 0 Å². The number of hydrogen-bond donors (Lipinski definition) is 1. The normalized spacial score (nSPS) is 30.8. The van der Waals surface area contributed by atoms with Crippen LogP contribution >= 0.6 is 0 Å². The zero-order chi connectivity index (χ0) is 12.4. The molecule has 1 N–H and O–H groups in total. The van der Waals surface area contributed by atoms with Crippen LogP contribution in [0.3, 0.4) is 0 Å². The predicted molar refractivity (Wildman–Crippen MR) is 67.1 cm³/mol. The van der Waals surface area contributed by atoms with Crippen LogP contribution < -0.4 is 0 Å². The molecule has 1 saturated heterocycles. The summed E-state index contributed by atoms with van der Waals surface area (Å²) in [7, 11) is 2.18. The number of nitrogens with zero attached hydrogens (tertiary/aromatic N) is 2. The van der Waals surface area contributed by atoms with E-state index in [2.05, 4.69) is 23.8 Å². The molecule has 0 aromatic heterocycles.